The number of ether oxygens (including phenoxy) is 8. The van der Waals surface area contributed by atoms with Crippen molar-refractivity contribution in [2.75, 3.05) is 14.1 Å². The maximum Gasteiger partial charge on any atom is 0.302 e. The number of likely N-dealkylation sites (N-methyl/N-ethyl adjacent to an activating group) is 1. The van der Waals surface area contributed by atoms with Gasteiger partial charge in [-0.15, -0.1) is 0 Å². The van der Waals surface area contributed by atoms with Gasteiger partial charge in [0, 0.05) is 79.7 Å². The summed E-state index contributed by atoms with van der Waals surface area (Å²) >= 11 is 0. The molecular formula is C87H104N2O14S. The Balaban J connectivity index is 0.000000847. The van der Waals surface area contributed by atoms with E-state index in [2.05, 4.69) is 187 Å². The van der Waals surface area contributed by atoms with Crippen molar-refractivity contribution in [2.24, 2.45) is 0 Å². The zero-order chi connectivity index (χ0) is 73.6. The molecule has 0 bridgehead atoms. The molecule has 0 spiro atoms. The molecule has 3 fully saturated rings. The summed E-state index contributed by atoms with van der Waals surface area (Å²) in [5.74, 6) is 1.35. The lowest BCUT2D eigenvalue weighted by atomic mass is 9.78. The van der Waals surface area contributed by atoms with Crippen molar-refractivity contribution >= 4 is 49.0 Å². The lowest BCUT2D eigenvalue weighted by molar-refractivity contribution is -0.401. The Morgan fingerprint density at radius 2 is 1.31 bits per heavy atom. The van der Waals surface area contributed by atoms with E-state index in [9.17, 15) is 28.0 Å². The summed E-state index contributed by atoms with van der Waals surface area (Å²) in [5.41, 5.74) is 12.2. The van der Waals surface area contributed by atoms with Crippen molar-refractivity contribution in [1.82, 2.24) is 5.32 Å². The largest absolute Gasteiger partial charge is 0.744 e. The standard InChI is InChI=1S/C80H96N2O11.C7H8O3S/c1-11-21-72-87-62(46-63(88-72)48-65-45-61(43-57(85)42-58(12-2)86-49(4)83)91-77(93-65)54-26-19-28-56(84)40-54)47-64-44-59(13-3)90-78(92-64)55-27-20-29-60(41-55)89-76-52(33-37-69-75(81-9)68-36-32-50-22-14-16-30-66(50)73(68)79(69,5)6)24-18-25-53(76)35-39-71-80(7,8)74-67-31-17-15-23-51(67)34-38-70(74)82(71)10;1-6-2-4-7(5-3-6)11(8,9)10/h14-17,19-20,22-23,26-41,57-59,61-65,72,75,77-78,81,85H,11-13,18,21,24-25,42-48H2,1-10H3;2-5H,1H3,(H,8,9,10)/b39-35+,52-33+,69-37-;. The molecular weight excluding hydrogens is 1330 g/mol. The van der Waals surface area contributed by atoms with Crippen LogP contribution in [0.25, 0.3) is 21.5 Å². The predicted molar refractivity (Wildman–Crippen MR) is 405 cm³/mol. The Morgan fingerprint density at radius 3 is 1.94 bits per heavy atom. The summed E-state index contributed by atoms with van der Waals surface area (Å²) < 4.78 is 87.0. The summed E-state index contributed by atoms with van der Waals surface area (Å²) in [6.45, 7) is 18.9. The van der Waals surface area contributed by atoms with E-state index in [4.69, 9.17) is 37.9 Å². The number of allylic oxidation sites excluding steroid dienone is 6. The fourth-order valence-corrected chi connectivity index (χ4v) is 17.1. The first-order chi connectivity index (χ1) is 49.9. The second-order valence-electron chi connectivity index (χ2n) is 30.0. The number of fused-ring (bicyclic) bond motifs is 6. The van der Waals surface area contributed by atoms with Gasteiger partial charge in [0.1, 0.15) is 40.5 Å². The monoisotopic (exact) mass is 1430 g/mol. The van der Waals surface area contributed by atoms with E-state index < -0.39 is 41.2 Å². The quantitative estimate of drug-likeness (QED) is 0.0328. The number of benzene rings is 7. The summed E-state index contributed by atoms with van der Waals surface area (Å²) in [4.78, 5) is 11.7. The number of aliphatic hydroxyl groups is 1. The number of hydrogen-bond donors (Lipinski definition) is 3. The molecule has 2 aliphatic carbocycles. The third-order valence-corrected chi connectivity index (χ3v) is 22.6. The van der Waals surface area contributed by atoms with E-state index >= 15 is 0 Å². The van der Waals surface area contributed by atoms with E-state index in [1.165, 1.54) is 74.3 Å². The molecule has 12 atom stereocenters. The Hall–Kier alpha value is -7.65. The SMILES string of the molecule is CCCC1OC(CC2CC(CC)OC(c3cccc(OC4=C(/C=C/C5=[N+](C)c6ccc7ccccc7c6C5(C)C)CCC/C4=C\C=C4\C(NC)c5ccc6ccccc6c5C4(C)C)c3)O2)CC(CC2CC(CC(O)CC(CC)OC(C)=O)OC(c3cccc(O)c3)O2)O1.Cc1ccc(S(=O)(=O)[O-])cc1. The number of aromatic hydroxyl groups is 1. The molecule has 3 saturated heterocycles. The highest BCUT2D eigenvalue weighted by atomic mass is 32.2. The lowest BCUT2D eigenvalue weighted by Crippen LogP contribution is -2.44. The number of aryl methyl sites for hydroxylation is 1. The van der Waals surface area contributed by atoms with Gasteiger partial charge in [-0.05, 0) is 171 Å². The number of rotatable bonds is 22. The number of carbonyl (C=O) groups excluding carboxylic acids is 1. The molecule has 0 amide bonds. The normalized spacial score (nSPS) is 26.0. The van der Waals surface area contributed by atoms with Crippen LogP contribution in [0, 0.1) is 6.92 Å². The molecule has 4 aliphatic heterocycles. The molecule has 7 aromatic carbocycles. The van der Waals surface area contributed by atoms with E-state index in [-0.39, 0.29) is 70.1 Å². The molecule has 0 radical (unpaired) electrons. The van der Waals surface area contributed by atoms with Gasteiger partial charge < -0.3 is 58.0 Å². The smallest absolute Gasteiger partial charge is 0.302 e. The van der Waals surface area contributed by atoms with Gasteiger partial charge in [0.2, 0.25) is 5.69 Å². The molecule has 6 aliphatic rings. The maximum atomic E-state index is 11.8. The fourth-order valence-electron chi connectivity index (χ4n) is 16.6. The zero-order valence-corrected chi connectivity index (χ0v) is 63.0. The molecule has 0 aromatic heterocycles. The number of carbonyl (C=O) groups is 1. The second kappa shape index (κ2) is 33.0. The van der Waals surface area contributed by atoms with Gasteiger partial charge in [0.15, 0.2) is 24.6 Å². The van der Waals surface area contributed by atoms with Crippen LogP contribution in [0.4, 0.5) is 5.69 Å². The third kappa shape index (κ3) is 17.4. The molecule has 13 rings (SSSR count). The maximum absolute atomic E-state index is 11.8. The van der Waals surface area contributed by atoms with Crippen LogP contribution in [-0.2, 0) is 58.9 Å². The number of nitrogens with one attached hydrogen (secondary N) is 1. The highest BCUT2D eigenvalue weighted by Crippen LogP contribution is 2.52. The first-order valence-electron chi connectivity index (χ1n) is 37.4. The van der Waals surface area contributed by atoms with Gasteiger partial charge in [-0.25, -0.2) is 8.42 Å². The number of phenolic OH excluding ortho intramolecular Hbond substituents is 1. The number of esters is 1. The Labute approximate surface area is 614 Å². The highest BCUT2D eigenvalue weighted by molar-refractivity contribution is 7.85. The fraction of sp³-hybridized carbons (Fsp3) is 0.448. The van der Waals surface area contributed by atoms with Crippen LogP contribution in [0.1, 0.15) is 197 Å². The van der Waals surface area contributed by atoms with Crippen molar-refractivity contribution in [2.45, 2.75) is 242 Å². The summed E-state index contributed by atoms with van der Waals surface area (Å²) in [6, 6.07) is 47.7. The Kier molecular flexibility index (Phi) is 24.1. The summed E-state index contributed by atoms with van der Waals surface area (Å²) in [7, 11) is 0.00380. The first-order valence-corrected chi connectivity index (χ1v) is 38.8. The van der Waals surface area contributed by atoms with E-state index in [0.717, 1.165) is 78.7 Å². The van der Waals surface area contributed by atoms with E-state index in [0.29, 0.717) is 50.5 Å². The van der Waals surface area contributed by atoms with E-state index in [1.807, 2.05) is 19.9 Å². The van der Waals surface area contributed by atoms with Gasteiger partial charge in [-0.1, -0.05) is 156 Å². The molecule has 17 heteroatoms. The van der Waals surface area contributed by atoms with Crippen molar-refractivity contribution in [3.8, 4) is 11.5 Å². The van der Waals surface area contributed by atoms with Crippen LogP contribution in [0.15, 0.2) is 197 Å². The van der Waals surface area contributed by atoms with Crippen LogP contribution in [0.5, 0.6) is 11.5 Å². The van der Waals surface area contributed by atoms with E-state index in [1.54, 1.807) is 30.3 Å². The minimum absolute atomic E-state index is 0.0373. The average Bonchev–Trinajstić information content (AvgIpc) is 1.58. The topological polar surface area (TPSA) is 204 Å². The average molecular weight is 1430 g/mol. The van der Waals surface area contributed by atoms with Gasteiger partial charge in [0.25, 0.3) is 0 Å². The molecule has 552 valence electrons. The van der Waals surface area contributed by atoms with Gasteiger partial charge in [0.05, 0.1) is 59.1 Å². The van der Waals surface area contributed by atoms with Gasteiger partial charge in [-0.3, -0.25) is 4.79 Å². The molecule has 7 aromatic rings. The molecule has 16 nitrogen and oxygen atoms in total. The minimum atomic E-state index is -4.27. The third-order valence-electron chi connectivity index (χ3n) is 21.7. The van der Waals surface area contributed by atoms with Crippen molar-refractivity contribution in [3.63, 3.8) is 0 Å². The molecule has 104 heavy (non-hydrogen) atoms. The lowest BCUT2D eigenvalue weighted by Gasteiger charge is -2.42. The first kappa shape index (κ1) is 76.0. The molecule has 4 heterocycles. The molecule has 3 N–H and O–H groups in total. The zero-order valence-electron chi connectivity index (χ0n) is 62.1. The van der Waals surface area contributed by atoms with Crippen LogP contribution >= 0.6 is 0 Å². The number of aliphatic hydroxyl groups excluding tert-OH is 1. The number of nitrogens with zero attached hydrogens (tertiary/aromatic N) is 1. The Bertz CT molecular complexity index is 4500. The second-order valence-corrected chi connectivity index (χ2v) is 31.4. The van der Waals surface area contributed by atoms with Crippen molar-refractivity contribution < 1.29 is 70.4 Å². The van der Waals surface area contributed by atoms with Gasteiger partial charge >= 0.3 is 5.97 Å². The van der Waals surface area contributed by atoms with Crippen molar-refractivity contribution in [1.29, 1.82) is 0 Å². The predicted octanol–water partition coefficient (Wildman–Crippen LogP) is 17.8. The van der Waals surface area contributed by atoms with Crippen LogP contribution < -0.4 is 10.1 Å². The summed E-state index contributed by atoms with van der Waals surface area (Å²) in [6.07, 6.45) is 14.8. The molecule has 0 saturated carbocycles. The Morgan fingerprint density at radius 1 is 0.702 bits per heavy atom. The van der Waals surface area contributed by atoms with Crippen LogP contribution in [-0.4, -0.2) is 109 Å². The highest BCUT2D eigenvalue weighted by Gasteiger charge is 2.46. The summed E-state index contributed by atoms with van der Waals surface area (Å²) in [5, 5.41) is 30.6. The van der Waals surface area contributed by atoms with Crippen LogP contribution in [0.3, 0.4) is 0 Å². The van der Waals surface area contributed by atoms with Gasteiger partial charge in [-0.2, -0.15) is 4.58 Å². The number of hydrogen-bond acceptors (Lipinski definition) is 15. The molecule has 12 unspecified atom stereocenters. The minimum Gasteiger partial charge on any atom is -0.744 e. The van der Waals surface area contributed by atoms with Crippen LogP contribution in [0.2, 0.25) is 0 Å². The van der Waals surface area contributed by atoms with Crippen molar-refractivity contribution in [3.05, 3.63) is 226 Å². The number of phenols is 1.